The van der Waals surface area contributed by atoms with Crippen LogP contribution < -0.4 is 39.2 Å². The molecule has 10 heteroatoms. The molecule has 4 heterocycles. The number of rotatable bonds is 9. The molecule has 7 aromatic carbocycles. The molecule has 0 atom stereocenters. The molecule has 12 rings (SSSR count). The van der Waals surface area contributed by atoms with E-state index < -0.39 is 0 Å². The number of aryl methyl sites for hydroxylation is 4. The molecule has 69 heavy (non-hydrogen) atoms. The van der Waals surface area contributed by atoms with E-state index in [1.807, 2.05) is 0 Å². The van der Waals surface area contributed by atoms with Crippen LogP contribution in [-0.4, -0.2) is 0 Å². The minimum Gasteiger partial charge on any atom is -0.519 e. The van der Waals surface area contributed by atoms with Crippen LogP contribution in [0.4, 0.5) is 45.5 Å². The monoisotopic (exact) mass is 1080 g/mol. The SMILES string of the molecule is Cc1ccc(N2C=CN(c3[c-]c4c(cc3)-c3ccc(N5C=CN(c6ccc(C)cc6)[CH-]5)[c-]c3C4c3[c-]c(N4C=CN(c5ccc(C)cc5)[CH-]4)cc(N4C=CN(c5ccc(C)cc5)[CH-]4)[c-]3)[CH-]2)cc1.[Pd].[Pd]. The Balaban J connectivity index is 0.00000277. The minimum atomic E-state index is -0.289. The Bertz CT molecular complexity index is 2920. The van der Waals surface area contributed by atoms with Gasteiger partial charge >= 0.3 is 0 Å². The van der Waals surface area contributed by atoms with E-state index in [0.717, 1.165) is 73.3 Å². The van der Waals surface area contributed by atoms with Crippen LogP contribution >= 0.6 is 0 Å². The summed E-state index contributed by atoms with van der Waals surface area (Å²) in [6.07, 6.45) is 16.7. The number of hydrogen-bond acceptors (Lipinski definition) is 8. The third kappa shape index (κ3) is 8.91. The topological polar surface area (TPSA) is 25.9 Å². The summed E-state index contributed by atoms with van der Waals surface area (Å²) in [7, 11) is 0. The van der Waals surface area contributed by atoms with Crippen LogP contribution in [0.15, 0.2) is 177 Å². The molecule has 8 nitrogen and oxygen atoms in total. The number of benzene rings is 7. The van der Waals surface area contributed by atoms with E-state index in [1.165, 1.54) is 22.3 Å². The third-order valence-corrected chi connectivity index (χ3v) is 12.9. The summed E-state index contributed by atoms with van der Waals surface area (Å²) in [5, 5.41) is 0. The molecular formula is C59H46N8Pd2-8. The van der Waals surface area contributed by atoms with Crippen LogP contribution in [0, 0.1) is 78.6 Å². The van der Waals surface area contributed by atoms with Crippen molar-refractivity contribution in [2.24, 2.45) is 0 Å². The van der Waals surface area contributed by atoms with Gasteiger partial charge in [0.25, 0.3) is 0 Å². The van der Waals surface area contributed by atoms with Crippen molar-refractivity contribution in [2.45, 2.75) is 33.6 Å². The number of hydrogen-bond donors (Lipinski definition) is 0. The summed E-state index contributed by atoms with van der Waals surface area (Å²) in [5.41, 5.74) is 18.2. The fourth-order valence-corrected chi connectivity index (χ4v) is 9.06. The van der Waals surface area contributed by atoms with Crippen LogP contribution in [0.5, 0.6) is 0 Å². The van der Waals surface area contributed by atoms with Crippen LogP contribution in [0.3, 0.4) is 0 Å². The van der Waals surface area contributed by atoms with Crippen molar-refractivity contribution in [3.05, 3.63) is 267 Å². The molecule has 0 N–H and O–H groups in total. The summed E-state index contributed by atoms with van der Waals surface area (Å²) in [4.78, 5) is 17.1. The molecule has 1 aliphatic carbocycles. The molecule has 0 amide bonds. The maximum absolute atomic E-state index is 3.94. The largest absolute Gasteiger partial charge is 0.519 e. The Morgan fingerprint density at radius 3 is 0.899 bits per heavy atom. The first-order chi connectivity index (χ1) is 32.8. The molecule has 0 radical (unpaired) electrons. The van der Waals surface area contributed by atoms with Gasteiger partial charge in [-0.15, -0.1) is 38.0 Å². The molecule has 0 unspecified atom stereocenters. The first-order valence-corrected chi connectivity index (χ1v) is 22.6. The normalized spacial score (nSPS) is 15.7. The van der Waals surface area contributed by atoms with E-state index in [9.17, 15) is 0 Å². The van der Waals surface area contributed by atoms with Gasteiger partial charge < -0.3 is 51.3 Å². The van der Waals surface area contributed by atoms with Gasteiger partial charge in [0.05, 0.1) is 0 Å². The average molecular weight is 1080 g/mol. The second-order valence-corrected chi connectivity index (χ2v) is 17.6. The van der Waals surface area contributed by atoms with Gasteiger partial charge in [-0.05, 0) is 126 Å². The van der Waals surface area contributed by atoms with Gasteiger partial charge in [-0.2, -0.15) is 58.7 Å². The summed E-state index contributed by atoms with van der Waals surface area (Å²) < 4.78 is 0. The summed E-state index contributed by atoms with van der Waals surface area (Å²) >= 11 is 0. The number of nitrogens with zero attached hydrogens (tertiary/aromatic N) is 8. The molecule has 4 aliphatic heterocycles. The zero-order chi connectivity index (χ0) is 45.2. The Kier molecular flexibility index (Phi) is 12.6. The predicted octanol–water partition coefficient (Wildman–Crippen LogP) is 12.9. The maximum atomic E-state index is 3.94. The first-order valence-electron chi connectivity index (χ1n) is 22.6. The molecule has 0 saturated heterocycles. The van der Waals surface area contributed by atoms with E-state index >= 15 is 0 Å². The molecule has 0 saturated carbocycles. The van der Waals surface area contributed by atoms with Crippen LogP contribution in [0.25, 0.3) is 11.1 Å². The minimum absolute atomic E-state index is 0. The van der Waals surface area contributed by atoms with Crippen LogP contribution in [0.2, 0.25) is 0 Å². The van der Waals surface area contributed by atoms with E-state index in [-0.39, 0.29) is 46.8 Å². The van der Waals surface area contributed by atoms with Gasteiger partial charge in [-0.25, -0.2) is 17.4 Å². The van der Waals surface area contributed by atoms with Gasteiger partial charge in [0.15, 0.2) is 0 Å². The van der Waals surface area contributed by atoms with Gasteiger partial charge in [-0.1, -0.05) is 76.7 Å². The Morgan fingerprint density at radius 2 is 0.594 bits per heavy atom. The Hall–Kier alpha value is -6.78. The van der Waals surface area contributed by atoms with E-state index in [4.69, 9.17) is 0 Å². The molecule has 0 spiro atoms. The molecular weight excluding hydrogens is 1030 g/mol. The van der Waals surface area contributed by atoms with Crippen LogP contribution in [0.1, 0.15) is 44.9 Å². The Labute approximate surface area is 434 Å². The van der Waals surface area contributed by atoms with E-state index in [2.05, 4.69) is 295 Å². The smallest absolute Gasteiger partial charge is 0.0124 e. The first kappa shape index (κ1) is 46.0. The quantitative estimate of drug-likeness (QED) is 0.104. The standard InChI is InChI=1S/C59H46N8.2Pd/c1-42-5-13-47(14-6-42)60-25-29-64(38-60)51-21-23-55-56-24-22-52(65-30-26-61(39-65)48-15-7-43(2)8-16-48)37-58(56)59(57(55)36-51)46-33-53(66-31-27-62(40-66)49-17-9-44(3)10-18-49)35-54(34-46)67-32-28-63(41-67)50-19-11-45(4)12-20-50;;/h5-32,35,38-41,59H,1-4H3;;/q-8;;. The fraction of sp³-hybridized carbons (Fsp3) is 0.0847. The molecule has 7 aromatic rings. The molecule has 0 bridgehead atoms. The fourth-order valence-electron chi connectivity index (χ4n) is 9.06. The maximum Gasteiger partial charge on any atom is 0.0124 e. The molecule has 0 aromatic heterocycles. The van der Waals surface area contributed by atoms with Crippen molar-refractivity contribution in [1.82, 2.24) is 0 Å². The zero-order valence-corrected chi connectivity index (χ0v) is 41.4. The van der Waals surface area contributed by atoms with Gasteiger partial charge in [0.2, 0.25) is 0 Å². The molecule has 0 fully saturated rings. The second kappa shape index (κ2) is 19.0. The van der Waals surface area contributed by atoms with Gasteiger partial charge in [0, 0.05) is 63.6 Å². The van der Waals surface area contributed by atoms with Gasteiger partial charge in [0.1, 0.15) is 0 Å². The van der Waals surface area contributed by atoms with Crippen molar-refractivity contribution in [1.29, 1.82) is 0 Å². The van der Waals surface area contributed by atoms with Crippen molar-refractivity contribution in [2.75, 3.05) is 39.2 Å². The van der Waals surface area contributed by atoms with Gasteiger partial charge in [-0.3, -0.25) is 5.56 Å². The summed E-state index contributed by atoms with van der Waals surface area (Å²) in [6, 6.07) is 61.0. The third-order valence-electron chi connectivity index (χ3n) is 12.9. The summed E-state index contributed by atoms with van der Waals surface area (Å²) in [6.45, 7) is 16.9. The van der Waals surface area contributed by atoms with E-state index in [0.29, 0.717) is 0 Å². The second-order valence-electron chi connectivity index (χ2n) is 17.6. The average Bonchev–Trinajstić information content (AvgIpc) is 4.22. The predicted molar refractivity (Wildman–Crippen MR) is 273 cm³/mol. The number of fused-ring (bicyclic) bond motifs is 3. The van der Waals surface area contributed by atoms with E-state index in [1.54, 1.807) is 0 Å². The molecule has 350 valence electrons. The Morgan fingerprint density at radius 1 is 0.319 bits per heavy atom. The van der Waals surface area contributed by atoms with Crippen molar-refractivity contribution < 1.29 is 40.8 Å². The van der Waals surface area contributed by atoms with Crippen molar-refractivity contribution in [3.63, 3.8) is 0 Å². The number of anilines is 8. The molecule has 5 aliphatic rings. The zero-order valence-electron chi connectivity index (χ0n) is 38.3. The summed E-state index contributed by atoms with van der Waals surface area (Å²) in [5.74, 6) is -0.289. The van der Waals surface area contributed by atoms with Crippen molar-refractivity contribution >= 4 is 45.5 Å². The van der Waals surface area contributed by atoms with Crippen molar-refractivity contribution in [3.8, 4) is 11.1 Å². The van der Waals surface area contributed by atoms with Crippen LogP contribution in [-0.2, 0) is 40.8 Å².